The number of ether oxygens (including phenoxy) is 3. The van der Waals surface area contributed by atoms with Crippen LogP contribution in [0.2, 0.25) is 0 Å². The van der Waals surface area contributed by atoms with Crippen molar-refractivity contribution in [2.45, 2.75) is 52.2 Å². The maximum atomic E-state index is 12.5. The Hall–Kier alpha value is -5.39. The van der Waals surface area contributed by atoms with Crippen molar-refractivity contribution in [1.29, 1.82) is 0 Å². The second-order valence-electron chi connectivity index (χ2n) is 12.4. The molecule has 2 aliphatic heterocycles. The number of methoxy groups -OCH3 is 2. The smallest absolute Gasteiger partial charge is 0.407 e. The first-order valence-electron chi connectivity index (χ1n) is 15.8. The minimum Gasteiger partial charge on any atom is -0.494 e. The van der Waals surface area contributed by atoms with Crippen LogP contribution >= 0.6 is 0 Å². The van der Waals surface area contributed by atoms with Crippen molar-refractivity contribution in [2.24, 2.45) is 5.92 Å². The fraction of sp³-hybridized carbons (Fsp3) is 0.531. The van der Waals surface area contributed by atoms with Crippen LogP contribution in [0.5, 0.6) is 11.5 Å². The molecule has 0 spiro atoms. The van der Waals surface area contributed by atoms with Crippen molar-refractivity contribution in [1.82, 2.24) is 15.5 Å². The molecule has 0 radical (unpaired) electrons. The van der Waals surface area contributed by atoms with E-state index in [9.17, 15) is 34.6 Å². The third-order valence-electron chi connectivity index (χ3n) is 7.48. The average Bonchev–Trinajstić information content (AvgIpc) is 3.74. The van der Waals surface area contributed by atoms with Crippen LogP contribution in [0.25, 0.3) is 0 Å². The van der Waals surface area contributed by atoms with E-state index in [1.165, 1.54) is 33.4 Å². The molecular formula is C32H47N7O11. The number of hydrogen-bond acceptors (Lipinski definition) is 13. The standard InChI is InChI=1S/C14H19N3O4.C9H10N2O5.C9H18N2O2/c1-9-4-5-16(8-9)14(18)10-6-11(17(19)20)13(15-2)12(7-10)21-3;1-10-8-6(11(14)15)3-5(9(12)13)4-7(8)16-2;1-9(2,3)13-8(12)11-7-4-5-10-6-7/h6-7,9,15H,4-5,8H2,1-3H3;3-4,10H,1-2H3,(H,12,13);7,10H,4-6H2,1-3H3,(H,11,12)/t9-;;7-/m1.1/s1. The molecular weight excluding hydrogens is 658 g/mol. The summed E-state index contributed by atoms with van der Waals surface area (Å²) in [7, 11) is 5.80. The van der Waals surface area contributed by atoms with E-state index in [0.717, 1.165) is 32.0 Å². The Morgan fingerprint density at radius 1 is 0.920 bits per heavy atom. The van der Waals surface area contributed by atoms with E-state index in [2.05, 4.69) is 28.2 Å². The van der Waals surface area contributed by atoms with Gasteiger partial charge in [-0.15, -0.1) is 0 Å². The largest absolute Gasteiger partial charge is 0.494 e. The SMILES string of the molecule is CC(C)(C)OC(=O)N[C@@H]1CCNC1.CNc1c(OC)cc(C(=O)N2CC[C@@H](C)C2)cc1[N+](=O)[O-].CNc1c(OC)cc(C(=O)O)cc1[N+](=O)[O-]. The summed E-state index contributed by atoms with van der Waals surface area (Å²) in [6.07, 6.45) is 1.62. The lowest BCUT2D eigenvalue weighted by Crippen LogP contribution is -2.40. The molecule has 0 unspecified atom stereocenters. The number of carboxylic acids is 1. The first-order chi connectivity index (χ1) is 23.5. The Kier molecular flexibility index (Phi) is 15.0. The van der Waals surface area contributed by atoms with Crippen LogP contribution in [-0.2, 0) is 4.74 Å². The Morgan fingerprint density at radius 3 is 1.82 bits per heavy atom. The van der Waals surface area contributed by atoms with Crippen LogP contribution in [0.4, 0.5) is 27.5 Å². The number of aromatic carboxylic acids is 1. The molecule has 2 aromatic carbocycles. The number of nitrogens with one attached hydrogen (secondary N) is 4. The second-order valence-corrected chi connectivity index (χ2v) is 12.4. The topological polar surface area (TPSA) is 237 Å². The van der Waals surface area contributed by atoms with Gasteiger partial charge < -0.3 is 45.5 Å². The normalized spacial score (nSPS) is 16.4. The molecule has 276 valence electrons. The molecule has 4 rings (SSSR count). The summed E-state index contributed by atoms with van der Waals surface area (Å²) in [6.45, 7) is 10.9. The molecule has 0 aliphatic carbocycles. The number of anilines is 2. The van der Waals surface area contributed by atoms with Crippen molar-refractivity contribution >= 4 is 40.7 Å². The molecule has 2 amide bonds. The fourth-order valence-corrected chi connectivity index (χ4v) is 5.12. The van der Waals surface area contributed by atoms with Gasteiger partial charge >= 0.3 is 12.1 Å². The number of likely N-dealkylation sites (tertiary alicyclic amines) is 1. The van der Waals surface area contributed by atoms with Gasteiger partial charge in [-0.05, 0) is 58.2 Å². The molecule has 2 aliphatic rings. The van der Waals surface area contributed by atoms with Gasteiger partial charge in [0.2, 0.25) is 0 Å². The van der Waals surface area contributed by atoms with E-state index in [1.807, 2.05) is 20.8 Å². The summed E-state index contributed by atoms with van der Waals surface area (Å²) in [6, 6.07) is 5.29. The highest BCUT2D eigenvalue weighted by atomic mass is 16.6. The molecule has 2 saturated heterocycles. The van der Waals surface area contributed by atoms with Gasteiger partial charge in [-0.2, -0.15) is 0 Å². The van der Waals surface area contributed by atoms with Crippen LogP contribution in [0.1, 0.15) is 61.3 Å². The lowest BCUT2D eigenvalue weighted by molar-refractivity contribution is -0.384. The van der Waals surface area contributed by atoms with Crippen molar-refractivity contribution in [3.63, 3.8) is 0 Å². The Bertz CT molecular complexity index is 1540. The maximum absolute atomic E-state index is 12.5. The number of carbonyl (C=O) groups excluding carboxylic acids is 2. The third kappa shape index (κ3) is 11.6. The van der Waals surface area contributed by atoms with E-state index in [-0.39, 0.29) is 57.7 Å². The minimum absolute atomic E-state index is 0.120. The molecule has 18 heteroatoms. The maximum Gasteiger partial charge on any atom is 0.407 e. The molecule has 0 saturated carbocycles. The van der Waals surface area contributed by atoms with Crippen molar-refractivity contribution in [2.75, 3.05) is 65.1 Å². The van der Waals surface area contributed by atoms with Crippen molar-refractivity contribution in [3.8, 4) is 11.5 Å². The number of nitro benzene ring substituents is 2. The Labute approximate surface area is 290 Å². The molecule has 2 aromatic rings. The zero-order valence-corrected chi connectivity index (χ0v) is 29.6. The lowest BCUT2D eigenvalue weighted by Gasteiger charge is -2.21. The fourth-order valence-electron chi connectivity index (χ4n) is 5.12. The van der Waals surface area contributed by atoms with Gasteiger partial charge in [0.15, 0.2) is 11.4 Å². The van der Waals surface area contributed by atoms with E-state index in [4.69, 9.17) is 19.3 Å². The van der Waals surface area contributed by atoms with Crippen LogP contribution in [0, 0.1) is 26.1 Å². The van der Waals surface area contributed by atoms with Gasteiger partial charge in [0.25, 0.3) is 17.3 Å². The number of nitro groups is 2. The zero-order chi connectivity index (χ0) is 37.8. The third-order valence-corrected chi connectivity index (χ3v) is 7.48. The Balaban J connectivity index is 0.000000269. The predicted molar refractivity (Wildman–Crippen MR) is 186 cm³/mol. The van der Waals surface area contributed by atoms with Gasteiger partial charge in [-0.1, -0.05) is 6.92 Å². The van der Waals surface area contributed by atoms with E-state index in [1.54, 1.807) is 18.0 Å². The van der Waals surface area contributed by atoms with Crippen LogP contribution in [-0.4, -0.2) is 104 Å². The molecule has 0 bridgehead atoms. The average molecular weight is 706 g/mol. The Morgan fingerprint density at radius 2 is 1.44 bits per heavy atom. The highest BCUT2D eigenvalue weighted by molar-refractivity contribution is 5.97. The number of amides is 2. The number of nitrogens with zero attached hydrogens (tertiary/aromatic N) is 3. The number of carboxylic acid groups (broad SMARTS) is 1. The summed E-state index contributed by atoms with van der Waals surface area (Å²) in [4.78, 5) is 56.9. The highest BCUT2D eigenvalue weighted by Gasteiger charge is 2.28. The zero-order valence-electron chi connectivity index (χ0n) is 29.6. The van der Waals surface area contributed by atoms with Crippen LogP contribution < -0.4 is 30.7 Å². The van der Waals surface area contributed by atoms with E-state index >= 15 is 0 Å². The number of benzene rings is 2. The van der Waals surface area contributed by atoms with Crippen molar-refractivity contribution in [3.05, 3.63) is 55.6 Å². The summed E-state index contributed by atoms with van der Waals surface area (Å²) >= 11 is 0. The highest BCUT2D eigenvalue weighted by Crippen LogP contribution is 2.37. The molecule has 2 heterocycles. The molecule has 18 nitrogen and oxygen atoms in total. The number of alkyl carbamates (subject to hydrolysis) is 1. The van der Waals surface area contributed by atoms with Crippen LogP contribution in [0.3, 0.4) is 0 Å². The summed E-state index contributed by atoms with van der Waals surface area (Å²) in [5, 5.41) is 42.0. The molecule has 5 N–H and O–H groups in total. The van der Waals surface area contributed by atoms with Gasteiger partial charge in [0.1, 0.15) is 17.1 Å². The summed E-state index contributed by atoms with van der Waals surface area (Å²) in [5.41, 5.74) is -0.386. The first kappa shape index (κ1) is 40.8. The first-order valence-corrected chi connectivity index (χ1v) is 15.8. The predicted octanol–water partition coefficient (Wildman–Crippen LogP) is 4.34. The van der Waals surface area contributed by atoms with Gasteiger partial charge in [-0.25, -0.2) is 9.59 Å². The van der Waals surface area contributed by atoms with Gasteiger partial charge in [0.05, 0.1) is 35.2 Å². The molecule has 2 fully saturated rings. The van der Waals surface area contributed by atoms with Gasteiger partial charge in [-0.3, -0.25) is 25.0 Å². The summed E-state index contributed by atoms with van der Waals surface area (Å²) in [5.74, 6) is -0.564. The van der Waals surface area contributed by atoms with Crippen LogP contribution in [0.15, 0.2) is 24.3 Å². The number of rotatable bonds is 9. The quantitative estimate of drug-likeness (QED) is 0.180. The van der Waals surface area contributed by atoms with E-state index in [0.29, 0.717) is 24.8 Å². The number of carbonyl (C=O) groups is 3. The summed E-state index contributed by atoms with van der Waals surface area (Å²) < 4.78 is 15.2. The van der Waals surface area contributed by atoms with Gasteiger partial charge in [0, 0.05) is 51.9 Å². The lowest BCUT2D eigenvalue weighted by atomic mass is 10.1. The minimum atomic E-state index is -1.25. The van der Waals surface area contributed by atoms with Crippen molar-refractivity contribution < 1.29 is 43.5 Å². The molecule has 2 atom stereocenters. The monoisotopic (exact) mass is 705 g/mol. The second kappa shape index (κ2) is 18.4. The van der Waals surface area contributed by atoms with E-state index < -0.39 is 21.4 Å². The molecule has 50 heavy (non-hydrogen) atoms. The number of hydrogen-bond donors (Lipinski definition) is 5. The molecule has 0 aromatic heterocycles.